The maximum Gasteiger partial charge on any atom is 0.241 e. The Morgan fingerprint density at radius 2 is 1.83 bits per heavy atom. The number of nitrogens with one attached hydrogen (secondary N) is 1. The summed E-state index contributed by atoms with van der Waals surface area (Å²) in [5.41, 5.74) is 0.829. The van der Waals surface area contributed by atoms with Crippen molar-refractivity contribution in [3.8, 4) is 11.5 Å². The summed E-state index contributed by atoms with van der Waals surface area (Å²) in [6.45, 7) is 2.62. The van der Waals surface area contributed by atoms with Gasteiger partial charge in [-0.2, -0.15) is 0 Å². The molecule has 24 heavy (non-hydrogen) atoms. The minimum atomic E-state index is -3.66. The average molecular weight is 370 g/mol. The Balaban J connectivity index is 2.11. The number of benzene rings is 2. The molecule has 0 heterocycles. The van der Waals surface area contributed by atoms with Crippen LogP contribution in [0.5, 0.6) is 11.5 Å². The van der Waals surface area contributed by atoms with Crippen molar-refractivity contribution in [1.82, 2.24) is 4.72 Å². The van der Waals surface area contributed by atoms with Crippen molar-refractivity contribution in [1.29, 1.82) is 0 Å². The van der Waals surface area contributed by atoms with Gasteiger partial charge in [-0.3, -0.25) is 0 Å². The first-order valence-electron chi connectivity index (χ1n) is 7.51. The molecule has 0 aliphatic heterocycles. The van der Waals surface area contributed by atoms with E-state index in [2.05, 4.69) is 4.72 Å². The summed E-state index contributed by atoms with van der Waals surface area (Å²) in [7, 11) is -2.08. The Hall–Kier alpha value is -1.76. The van der Waals surface area contributed by atoms with Gasteiger partial charge >= 0.3 is 0 Å². The van der Waals surface area contributed by atoms with Gasteiger partial charge in [0.25, 0.3) is 0 Å². The van der Waals surface area contributed by atoms with E-state index in [0.29, 0.717) is 17.4 Å². The SMILES string of the molecule is CCCOc1cc(S(=O)(=O)NCc2ccc(OC)cc2)ccc1Cl. The molecule has 0 atom stereocenters. The highest BCUT2D eigenvalue weighted by molar-refractivity contribution is 7.89. The number of rotatable bonds is 8. The van der Waals surface area contributed by atoms with Gasteiger partial charge in [-0.05, 0) is 36.2 Å². The fourth-order valence-electron chi connectivity index (χ4n) is 1.98. The second-order valence-corrected chi connectivity index (χ2v) is 7.29. The zero-order valence-corrected chi connectivity index (χ0v) is 15.2. The molecule has 0 radical (unpaired) electrons. The molecule has 0 saturated carbocycles. The first-order valence-corrected chi connectivity index (χ1v) is 9.37. The van der Waals surface area contributed by atoms with E-state index in [9.17, 15) is 8.42 Å². The first-order chi connectivity index (χ1) is 11.5. The minimum Gasteiger partial charge on any atom is -0.497 e. The van der Waals surface area contributed by atoms with Crippen molar-refractivity contribution < 1.29 is 17.9 Å². The molecular weight excluding hydrogens is 350 g/mol. The molecule has 0 aliphatic carbocycles. The van der Waals surface area contributed by atoms with Gasteiger partial charge in [-0.25, -0.2) is 13.1 Å². The van der Waals surface area contributed by atoms with Gasteiger partial charge < -0.3 is 9.47 Å². The van der Waals surface area contributed by atoms with E-state index in [1.54, 1.807) is 31.4 Å². The number of halogens is 1. The van der Waals surface area contributed by atoms with Crippen molar-refractivity contribution in [3.05, 3.63) is 53.1 Å². The Labute approximate surface area is 147 Å². The van der Waals surface area contributed by atoms with E-state index in [1.807, 2.05) is 6.92 Å². The Morgan fingerprint density at radius 1 is 1.12 bits per heavy atom. The number of hydrogen-bond acceptors (Lipinski definition) is 4. The van der Waals surface area contributed by atoms with Crippen LogP contribution in [0.25, 0.3) is 0 Å². The second-order valence-electron chi connectivity index (χ2n) is 5.11. The van der Waals surface area contributed by atoms with Crippen LogP contribution in [-0.4, -0.2) is 22.1 Å². The first kappa shape index (κ1) is 18.6. The molecule has 2 aromatic rings. The number of methoxy groups -OCH3 is 1. The fraction of sp³-hybridized carbons (Fsp3) is 0.294. The topological polar surface area (TPSA) is 64.6 Å². The molecule has 0 unspecified atom stereocenters. The van der Waals surface area contributed by atoms with Gasteiger partial charge in [-0.1, -0.05) is 30.7 Å². The molecule has 2 aromatic carbocycles. The van der Waals surface area contributed by atoms with Crippen LogP contribution in [0.3, 0.4) is 0 Å². The summed E-state index contributed by atoms with van der Waals surface area (Å²) in [4.78, 5) is 0.117. The fourth-order valence-corrected chi connectivity index (χ4v) is 3.18. The smallest absolute Gasteiger partial charge is 0.241 e. The normalized spacial score (nSPS) is 11.3. The zero-order valence-electron chi connectivity index (χ0n) is 13.6. The van der Waals surface area contributed by atoms with Gasteiger partial charge in [-0.15, -0.1) is 0 Å². The molecule has 7 heteroatoms. The Bertz CT molecular complexity index is 776. The molecule has 0 bridgehead atoms. The monoisotopic (exact) mass is 369 g/mol. The van der Waals surface area contributed by atoms with Crippen LogP contribution >= 0.6 is 11.6 Å². The van der Waals surface area contributed by atoms with Crippen molar-refractivity contribution in [2.45, 2.75) is 24.8 Å². The van der Waals surface area contributed by atoms with E-state index in [4.69, 9.17) is 21.1 Å². The molecule has 0 spiro atoms. The predicted octanol–water partition coefficient (Wildman–Crippen LogP) is 3.62. The minimum absolute atomic E-state index is 0.117. The van der Waals surface area contributed by atoms with Crippen LogP contribution in [0.15, 0.2) is 47.4 Å². The maximum atomic E-state index is 12.4. The van der Waals surface area contributed by atoms with Crippen molar-refractivity contribution in [3.63, 3.8) is 0 Å². The summed E-state index contributed by atoms with van der Waals surface area (Å²) < 4.78 is 38.0. The van der Waals surface area contributed by atoms with Crippen LogP contribution in [-0.2, 0) is 16.6 Å². The summed E-state index contributed by atoms with van der Waals surface area (Å²) in [6.07, 6.45) is 0.809. The van der Waals surface area contributed by atoms with Gasteiger partial charge in [0.2, 0.25) is 10.0 Å². The molecule has 0 aromatic heterocycles. The van der Waals surface area contributed by atoms with Crippen LogP contribution in [0.2, 0.25) is 5.02 Å². The lowest BCUT2D eigenvalue weighted by Crippen LogP contribution is -2.23. The van der Waals surface area contributed by atoms with E-state index in [-0.39, 0.29) is 11.4 Å². The highest BCUT2D eigenvalue weighted by Gasteiger charge is 2.16. The standard InChI is InChI=1S/C17H20ClNO4S/c1-3-10-23-17-11-15(8-9-16(17)18)24(20,21)19-12-13-4-6-14(22-2)7-5-13/h4-9,11,19H,3,10,12H2,1-2H3. The summed E-state index contributed by atoms with van der Waals surface area (Å²) in [6, 6.07) is 11.6. The third-order valence-electron chi connectivity index (χ3n) is 3.30. The third kappa shape index (κ3) is 4.87. The van der Waals surface area contributed by atoms with E-state index >= 15 is 0 Å². The highest BCUT2D eigenvalue weighted by Crippen LogP contribution is 2.27. The van der Waals surface area contributed by atoms with Crippen molar-refractivity contribution >= 4 is 21.6 Å². The Morgan fingerprint density at radius 3 is 2.46 bits per heavy atom. The summed E-state index contributed by atoms with van der Waals surface area (Å²) >= 11 is 6.03. The van der Waals surface area contributed by atoms with E-state index in [0.717, 1.165) is 17.7 Å². The lowest BCUT2D eigenvalue weighted by molar-refractivity contribution is 0.317. The lowest BCUT2D eigenvalue weighted by atomic mass is 10.2. The molecule has 0 amide bonds. The van der Waals surface area contributed by atoms with Crippen LogP contribution in [0, 0.1) is 0 Å². The molecule has 2 rings (SSSR count). The third-order valence-corrected chi connectivity index (χ3v) is 5.01. The van der Waals surface area contributed by atoms with Gasteiger partial charge in [0.1, 0.15) is 11.5 Å². The molecule has 5 nitrogen and oxygen atoms in total. The quantitative estimate of drug-likeness (QED) is 0.771. The molecule has 0 aliphatic rings. The van der Waals surface area contributed by atoms with E-state index in [1.165, 1.54) is 18.2 Å². The van der Waals surface area contributed by atoms with Crippen LogP contribution < -0.4 is 14.2 Å². The summed E-state index contributed by atoms with van der Waals surface area (Å²) in [5.74, 6) is 1.09. The van der Waals surface area contributed by atoms with Crippen LogP contribution in [0.4, 0.5) is 0 Å². The van der Waals surface area contributed by atoms with E-state index < -0.39 is 10.0 Å². The lowest BCUT2D eigenvalue weighted by Gasteiger charge is -2.11. The largest absolute Gasteiger partial charge is 0.497 e. The molecule has 130 valence electrons. The average Bonchev–Trinajstić information content (AvgIpc) is 2.59. The number of sulfonamides is 1. The second kappa shape index (κ2) is 8.37. The Kier molecular flexibility index (Phi) is 6.48. The van der Waals surface area contributed by atoms with Crippen LogP contribution in [0.1, 0.15) is 18.9 Å². The zero-order chi connectivity index (χ0) is 17.6. The van der Waals surface area contributed by atoms with Crippen molar-refractivity contribution in [2.75, 3.05) is 13.7 Å². The molecule has 1 N–H and O–H groups in total. The molecular formula is C17H20ClNO4S. The number of hydrogen-bond donors (Lipinski definition) is 1. The van der Waals surface area contributed by atoms with Gasteiger partial charge in [0.05, 0.1) is 23.6 Å². The van der Waals surface area contributed by atoms with Gasteiger partial charge in [0, 0.05) is 12.6 Å². The van der Waals surface area contributed by atoms with Crippen molar-refractivity contribution in [2.24, 2.45) is 0 Å². The predicted molar refractivity (Wildman–Crippen MR) is 94.3 cm³/mol. The van der Waals surface area contributed by atoms with Gasteiger partial charge in [0.15, 0.2) is 0 Å². The highest BCUT2D eigenvalue weighted by atomic mass is 35.5. The molecule has 0 saturated heterocycles. The number of ether oxygens (including phenoxy) is 2. The summed E-state index contributed by atoms with van der Waals surface area (Å²) in [5, 5.41) is 0.387. The maximum absolute atomic E-state index is 12.4. The molecule has 0 fully saturated rings.